The first-order valence-corrected chi connectivity index (χ1v) is 12.9. The van der Waals surface area contributed by atoms with Crippen LogP contribution in [0, 0.1) is 11.6 Å². The molecule has 2 aromatic carbocycles. The quantitative estimate of drug-likeness (QED) is 0.480. The van der Waals surface area contributed by atoms with Gasteiger partial charge in [0, 0.05) is 40.1 Å². The lowest BCUT2D eigenvalue weighted by molar-refractivity contribution is 0.0625. The zero-order valence-electron chi connectivity index (χ0n) is 19.9. The Morgan fingerprint density at radius 3 is 2.81 bits per heavy atom. The van der Waals surface area contributed by atoms with E-state index < -0.39 is 34.8 Å². The van der Waals surface area contributed by atoms with E-state index in [2.05, 4.69) is 0 Å². The van der Waals surface area contributed by atoms with Crippen LogP contribution >= 0.6 is 11.8 Å². The number of hydrogen-bond acceptors (Lipinski definition) is 6. The Morgan fingerprint density at radius 1 is 1.19 bits per heavy atom. The van der Waals surface area contributed by atoms with Gasteiger partial charge in [-0.3, -0.25) is 19.3 Å². The van der Waals surface area contributed by atoms with Crippen LogP contribution in [0.25, 0.3) is 0 Å². The van der Waals surface area contributed by atoms with E-state index >= 15 is 4.39 Å². The van der Waals surface area contributed by atoms with Gasteiger partial charge in [0.25, 0.3) is 5.91 Å². The summed E-state index contributed by atoms with van der Waals surface area (Å²) in [6.45, 7) is 2.08. The molecule has 3 aliphatic heterocycles. The molecule has 0 fully saturated rings. The van der Waals surface area contributed by atoms with Crippen LogP contribution in [0.1, 0.15) is 46.6 Å². The van der Waals surface area contributed by atoms with E-state index in [9.17, 15) is 19.1 Å². The van der Waals surface area contributed by atoms with E-state index in [4.69, 9.17) is 4.74 Å². The number of carbonyl (C=O) groups excluding carboxylic acids is 1. The van der Waals surface area contributed by atoms with E-state index in [1.54, 1.807) is 16.0 Å². The number of aromatic nitrogens is 1. The van der Waals surface area contributed by atoms with Crippen molar-refractivity contribution < 1.29 is 23.4 Å². The second-order valence-electron chi connectivity index (χ2n) is 9.08. The van der Waals surface area contributed by atoms with Gasteiger partial charge in [-0.25, -0.2) is 8.78 Å². The summed E-state index contributed by atoms with van der Waals surface area (Å²) >= 11 is 1.39. The number of hydrogen-bond donors (Lipinski definition) is 1. The molecule has 0 spiro atoms. The van der Waals surface area contributed by atoms with Crippen LogP contribution in [0.3, 0.4) is 0 Å². The van der Waals surface area contributed by atoms with E-state index in [1.165, 1.54) is 28.7 Å². The van der Waals surface area contributed by atoms with Gasteiger partial charge in [-0.15, -0.1) is 11.8 Å². The molecule has 0 aliphatic carbocycles. The Labute approximate surface area is 215 Å². The molecular formula is C27H23F2N3O4S. The largest absolute Gasteiger partial charge is 0.502 e. The van der Waals surface area contributed by atoms with Crippen molar-refractivity contribution in [3.8, 4) is 11.5 Å². The average molecular weight is 524 g/mol. The van der Waals surface area contributed by atoms with Crippen molar-refractivity contribution in [1.82, 2.24) is 9.58 Å². The number of nitrogens with zero attached hydrogens (tertiary/aromatic N) is 3. The van der Waals surface area contributed by atoms with Crippen molar-refractivity contribution in [1.29, 1.82) is 0 Å². The van der Waals surface area contributed by atoms with Crippen molar-refractivity contribution in [3.05, 3.63) is 99.0 Å². The van der Waals surface area contributed by atoms with Gasteiger partial charge in [-0.2, -0.15) is 0 Å². The van der Waals surface area contributed by atoms with Crippen molar-refractivity contribution in [2.75, 3.05) is 18.3 Å². The standard InChI is InChI=1S/C27H23F2N3O4S/c1-2-15-6-5-11-36-20-12-18(28)23(29)17-13-37-21-8-4-3-7-16(21)24(22(17)20)32-14-30(15)27(35)25-26(34)19(33)9-10-31(25)32/h3-10,12,15,24,34H,2,11,13-14H2,1H3/b6-5+. The van der Waals surface area contributed by atoms with E-state index in [0.717, 1.165) is 16.5 Å². The summed E-state index contributed by atoms with van der Waals surface area (Å²) in [5, 5.41) is 12.6. The number of halogens is 2. The molecule has 2 unspecified atom stereocenters. The Hall–Kier alpha value is -3.79. The normalized spacial score (nSPS) is 21.1. The van der Waals surface area contributed by atoms with Crippen LogP contribution in [0.15, 0.2) is 64.4 Å². The van der Waals surface area contributed by atoms with E-state index in [-0.39, 0.29) is 42.1 Å². The number of fused-ring (bicyclic) bond motifs is 7. The van der Waals surface area contributed by atoms with Crippen molar-refractivity contribution in [2.45, 2.75) is 36.1 Å². The third-order valence-corrected chi connectivity index (χ3v) is 8.20. The second-order valence-corrected chi connectivity index (χ2v) is 10.1. The van der Waals surface area contributed by atoms with Crippen LogP contribution in [0.4, 0.5) is 8.78 Å². The third-order valence-electron chi connectivity index (χ3n) is 7.08. The summed E-state index contributed by atoms with van der Waals surface area (Å²) in [6.07, 6.45) is 5.56. The minimum atomic E-state index is -0.999. The number of aromatic hydroxyl groups is 1. The molecule has 37 heavy (non-hydrogen) atoms. The highest BCUT2D eigenvalue weighted by atomic mass is 32.2. The highest BCUT2D eigenvalue weighted by Crippen LogP contribution is 2.47. The highest BCUT2D eigenvalue weighted by Gasteiger charge is 2.42. The van der Waals surface area contributed by atoms with E-state index in [1.807, 2.05) is 37.3 Å². The zero-order valence-corrected chi connectivity index (χ0v) is 20.7. The monoisotopic (exact) mass is 523 g/mol. The fourth-order valence-electron chi connectivity index (χ4n) is 5.31. The van der Waals surface area contributed by atoms with Crippen LogP contribution in [-0.4, -0.2) is 39.9 Å². The molecule has 0 saturated heterocycles. The molecule has 10 heteroatoms. The van der Waals surface area contributed by atoms with Gasteiger partial charge in [-0.05, 0) is 24.1 Å². The van der Waals surface area contributed by atoms with Gasteiger partial charge in [0.05, 0.1) is 6.04 Å². The average Bonchev–Trinajstić information content (AvgIpc) is 3.08. The number of ether oxygens (including phenoxy) is 1. The second kappa shape index (κ2) is 8.95. The Balaban J connectivity index is 1.72. The Morgan fingerprint density at radius 2 is 2.00 bits per heavy atom. The lowest BCUT2D eigenvalue weighted by atomic mass is 9.92. The smallest absolute Gasteiger partial charge is 0.278 e. The zero-order chi connectivity index (χ0) is 25.8. The summed E-state index contributed by atoms with van der Waals surface area (Å²) in [5.74, 6) is -2.72. The lowest BCUT2D eigenvalue weighted by Crippen LogP contribution is -2.57. The molecule has 6 rings (SSSR count). The summed E-state index contributed by atoms with van der Waals surface area (Å²) < 4.78 is 37.7. The first-order chi connectivity index (χ1) is 17.9. The molecule has 2 bridgehead atoms. The number of amides is 1. The molecule has 4 heterocycles. The fourth-order valence-corrected chi connectivity index (χ4v) is 6.41. The van der Waals surface area contributed by atoms with Gasteiger partial charge in [0.1, 0.15) is 25.1 Å². The number of pyridine rings is 1. The van der Waals surface area contributed by atoms with Crippen LogP contribution in [-0.2, 0) is 5.75 Å². The number of rotatable bonds is 1. The van der Waals surface area contributed by atoms with Crippen molar-refractivity contribution in [3.63, 3.8) is 0 Å². The summed E-state index contributed by atoms with van der Waals surface area (Å²) in [7, 11) is 0. The summed E-state index contributed by atoms with van der Waals surface area (Å²) in [6, 6.07) is 8.73. The highest BCUT2D eigenvalue weighted by molar-refractivity contribution is 7.98. The minimum absolute atomic E-state index is 0.0680. The number of carbonyl (C=O) groups is 1. The van der Waals surface area contributed by atoms with Gasteiger partial charge < -0.3 is 14.7 Å². The maximum atomic E-state index is 15.4. The maximum Gasteiger partial charge on any atom is 0.278 e. The summed E-state index contributed by atoms with van der Waals surface area (Å²) in [5.41, 5.74) is 0.570. The van der Waals surface area contributed by atoms with Crippen LogP contribution < -0.4 is 15.2 Å². The molecule has 2 atom stereocenters. The summed E-state index contributed by atoms with van der Waals surface area (Å²) in [4.78, 5) is 28.5. The third kappa shape index (κ3) is 3.61. The molecular weight excluding hydrogens is 500 g/mol. The number of benzene rings is 2. The number of thioether (sulfide) groups is 1. The predicted octanol–water partition coefficient (Wildman–Crippen LogP) is 4.31. The van der Waals surface area contributed by atoms with Gasteiger partial charge in [-0.1, -0.05) is 31.2 Å². The molecule has 0 saturated carbocycles. The van der Waals surface area contributed by atoms with Gasteiger partial charge in [0.2, 0.25) is 5.43 Å². The Kier molecular flexibility index (Phi) is 5.71. The van der Waals surface area contributed by atoms with Crippen molar-refractivity contribution in [2.24, 2.45) is 0 Å². The van der Waals surface area contributed by atoms with Crippen LogP contribution in [0.5, 0.6) is 11.5 Å². The van der Waals surface area contributed by atoms with E-state index in [0.29, 0.717) is 12.0 Å². The fraction of sp³-hybridized carbons (Fsp3) is 0.259. The molecule has 1 aromatic heterocycles. The topological polar surface area (TPSA) is 75.0 Å². The molecule has 1 N–H and O–H groups in total. The molecule has 3 aliphatic rings. The first kappa shape index (κ1) is 23.6. The molecule has 190 valence electrons. The molecule has 0 radical (unpaired) electrons. The lowest BCUT2D eigenvalue weighted by Gasteiger charge is -2.46. The Bertz CT molecular complexity index is 1520. The minimum Gasteiger partial charge on any atom is -0.502 e. The molecule has 1 amide bonds. The molecule has 3 aromatic rings. The van der Waals surface area contributed by atoms with Crippen LogP contribution in [0.2, 0.25) is 0 Å². The predicted molar refractivity (Wildman–Crippen MR) is 135 cm³/mol. The molecule has 7 nitrogen and oxygen atoms in total. The SMILES string of the molecule is CCC1/C=C/COc2cc(F)c(F)c3c2C(c2ccccc2SC3)N2CN1C(=O)c1c(O)c(=O)ccn12. The van der Waals surface area contributed by atoms with Crippen molar-refractivity contribution >= 4 is 17.7 Å². The van der Waals surface area contributed by atoms with Gasteiger partial charge in [0.15, 0.2) is 23.1 Å². The van der Waals surface area contributed by atoms with Gasteiger partial charge >= 0.3 is 0 Å². The first-order valence-electron chi connectivity index (χ1n) is 11.9. The maximum absolute atomic E-state index is 15.4.